The van der Waals surface area contributed by atoms with Crippen LogP contribution in [0.25, 0.3) is 0 Å². The Hall–Kier alpha value is -1.46. The van der Waals surface area contributed by atoms with Crippen molar-refractivity contribution in [3.05, 3.63) is 60.7 Å². The molecule has 3 nitrogen and oxygen atoms in total. The third kappa shape index (κ3) is 5.04. The smallest absolute Gasteiger partial charge is 0.261 e. The highest BCUT2D eigenvalue weighted by molar-refractivity contribution is 6.99. The summed E-state index contributed by atoms with van der Waals surface area (Å²) in [5.41, 5.74) is 0. The standard InChI is InChI=1S/C22H32O3Si/c1-5-23-16-17-24-18-19-25-26(22(2,3)4,20-12-8-6-9-13-20)21-14-10-7-11-15-21/h6-15H,5,16-19H2,1-4H3/i1D. The average Bonchev–Trinajstić information content (AvgIpc) is 2.67. The molecule has 142 valence electrons. The monoisotopic (exact) mass is 373 g/mol. The van der Waals surface area contributed by atoms with Crippen molar-refractivity contribution in [3.8, 4) is 0 Å². The van der Waals surface area contributed by atoms with Crippen LogP contribution >= 0.6 is 0 Å². The van der Waals surface area contributed by atoms with Crippen molar-refractivity contribution in [1.29, 1.82) is 0 Å². The van der Waals surface area contributed by atoms with Crippen molar-refractivity contribution >= 4 is 18.7 Å². The van der Waals surface area contributed by atoms with Crippen LogP contribution in [0.2, 0.25) is 5.04 Å². The molecule has 0 amide bonds. The maximum absolute atomic E-state index is 7.06. The van der Waals surface area contributed by atoms with Crippen LogP contribution in [0.5, 0.6) is 0 Å². The molecule has 0 aliphatic heterocycles. The van der Waals surface area contributed by atoms with E-state index in [2.05, 4.69) is 81.4 Å². The summed E-state index contributed by atoms with van der Waals surface area (Å²) in [6.07, 6.45) is 0. The summed E-state index contributed by atoms with van der Waals surface area (Å²) in [6.45, 7) is 9.71. The molecule has 0 fully saturated rings. The first-order chi connectivity index (χ1) is 13.0. The second kappa shape index (κ2) is 10.0. The van der Waals surface area contributed by atoms with Gasteiger partial charge in [-0.15, -0.1) is 0 Å². The summed E-state index contributed by atoms with van der Waals surface area (Å²) >= 11 is 0. The van der Waals surface area contributed by atoms with Crippen LogP contribution in [0.15, 0.2) is 60.7 Å². The average molecular weight is 374 g/mol. The van der Waals surface area contributed by atoms with Crippen molar-refractivity contribution in [2.24, 2.45) is 0 Å². The molecule has 0 spiro atoms. The molecule has 0 N–H and O–H groups in total. The predicted molar refractivity (Wildman–Crippen MR) is 111 cm³/mol. The van der Waals surface area contributed by atoms with Crippen LogP contribution in [0.3, 0.4) is 0 Å². The normalized spacial score (nSPS) is 12.8. The van der Waals surface area contributed by atoms with E-state index in [9.17, 15) is 0 Å². The Morgan fingerprint density at radius 1 is 0.769 bits per heavy atom. The van der Waals surface area contributed by atoms with E-state index in [0.29, 0.717) is 33.0 Å². The van der Waals surface area contributed by atoms with Crippen LogP contribution < -0.4 is 10.4 Å². The van der Waals surface area contributed by atoms with Crippen molar-refractivity contribution in [2.45, 2.75) is 32.7 Å². The Kier molecular flexibility index (Phi) is 7.44. The number of ether oxygens (including phenoxy) is 2. The third-order valence-corrected chi connectivity index (χ3v) is 9.52. The summed E-state index contributed by atoms with van der Waals surface area (Å²) in [7, 11) is -2.47. The van der Waals surface area contributed by atoms with Crippen LogP contribution in [0.4, 0.5) is 0 Å². The van der Waals surface area contributed by atoms with Gasteiger partial charge in [0.2, 0.25) is 0 Å². The molecule has 0 saturated carbocycles. The fourth-order valence-corrected chi connectivity index (χ4v) is 7.88. The van der Waals surface area contributed by atoms with Gasteiger partial charge in [-0.3, -0.25) is 0 Å². The minimum absolute atomic E-state index is 0.0209. The lowest BCUT2D eigenvalue weighted by Crippen LogP contribution is -2.66. The van der Waals surface area contributed by atoms with E-state index >= 15 is 0 Å². The van der Waals surface area contributed by atoms with E-state index in [0.717, 1.165) is 0 Å². The van der Waals surface area contributed by atoms with Gasteiger partial charge < -0.3 is 13.9 Å². The summed E-state index contributed by atoms with van der Waals surface area (Å²) in [4.78, 5) is 0. The number of rotatable bonds is 10. The molecule has 0 aromatic heterocycles. The van der Waals surface area contributed by atoms with Crippen molar-refractivity contribution in [3.63, 3.8) is 0 Å². The van der Waals surface area contributed by atoms with Crippen molar-refractivity contribution in [1.82, 2.24) is 0 Å². The Labute approximate surface area is 160 Å². The van der Waals surface area contributed by atoms with Gasteiger partial charge >= 0.3 is 0 Å². The van der Waals surface area contributed by atoms with Gasteiger partial charge in [-0.1, -0.05) is 81.4 Å². The molecule has 2 aromatic rings. The zero-order chi connectivity index (χ0) is 19.6. The van der Waals surface area contributed by atoms with Crippen molar-refractivity contribution < 1.29 is 15.3 Å². The summed E-state index contributed by atoms with van der Waals surface area (Å²) in [5, 5.41) is 2.54. The van der Waals surface area contributed by atoms with Gasteiger partial charge in [-0.25, -0.2) is 0 Å². The molecule has 0 aliphatic rings. The fourth-order valence-electron chi connectivity index (χ4n) is 3.34. The van der Waals surface area contributed by atoms with Gasteiger partial charge in [-0.05, 0) is 22.3 Å². The highest BCUT2D eigenvalue weighted by Gasteiger charge is 2.49. The molecule has 0 heterocycles. The van der Waals surface area contributed by atoms with Gasteiger partial charge in [0.05, 0.1) is 26.4 Å². The molecule has 0 aliphatic carbocycles. The zero-order valence-corrected chi connectivity index (χ0v) is 17.2. The topological polar surface area (TPSA) is 27.7 Å². The van der Waals surface area contributed by atoms with E-state index in [4.69, 9.17) is 15.3 Å². The van der Waals surface area contributed by atoms with Gasteiger partial charge in [0, 0.05) is 7.98 Å². The summed E-state index contributed by atoms with van der Waals surface area (Å²) < 4.78 is 24.7. The highest BCUT2D eigenvalue weighted by atomic mass is 28.4. The first kappa shape index (κ1) is 19.3. The van der Waals surface area contributed by atoms with E-state index in [1.54, 1.807) is 0 Å². The van der Waals surface area contributed by atoms with Gasteiger partial charge in [0.25, 0.3) is 8.32 Å². The molecule has 0 saturated heterocycles. The molecule has 0 radical (unpaired) electrons. The highest BCUT2D eigenvalue weighted by Crippen LogP contribution is 2.36. The number of hydrogen-bond acceptors (Lipinski definition) is 3. The minimum Gasteiger partial charge on any atom is -0.405 e. The van der Waals surface area contributed by atoms with Crippen molar-refractivity contribution in [2.75, 3.05) is 33.0 Å². The quantitative estimate of drug-likeness (QED) is 0.470. The lowest BCUT2D eigenvalue weighted by molar-refractivity contribution is 0.0392. The SMILES string of the molecule is [2H]CCOCCOCCO[Si](c1ccccc1)(c1ccccc1)C(C)(C)C. The van der Waals surface area contributed by atoms with Gasteiger partial charge in [0.1, 0.15) is 0 Å². The van der Waals surface area contributed by atoms with E-state index in [1.165, 1.54) is 10.4 Å². The van der Waals surface area contributed by atoms with E-state index < -0.39 is 8.32 Å². The first-order valence-electron chi connectivity index (χ1n) is 9.93. The third-order valence-electron chi connectivity index (χ3n) is 4.48. The Morgan fingerprint density at radius 2 is 1.27 bits per heavy atom. The lowest BCUT2D eigenvalue weighted by atomic mass is 10.2. The second-order valence-electron chi connectivity index (χ2n) is 7.24. The van der Waals surface area contributed by atoms with E-state index in [-0.39, 0.29) is 11.9 Å². The van der Waals surface area contributed by atoms with Gasteiger partial charge in [0.15, 0.2) is 0 Å². The molecular formula is C22H32O3Si. The van der Waals surface area contributed by atoms with E-state index in [1.807, 2.05) is 0 Å². The van der Waals surface area contributed by atoms with Crippen LogP contribution in [-0.2, 0) is 13.9 Å². The molecule has 2 rings (SSSR count). The molecule has 2 aromatic carbocycles. The number of hydrogen-bond donors (Lipinski definition) is 0. The molecule has 26 heavy (non-hydrogen) atoms. The van der Waals surface area contributed by atoms with Crippen LogP contribution in [0, 0.1) is 0 Å². The summed E-state index contributed by atoms with van der Waals surface area (Å²) in [5.74, 6) is 0. The van der Waals surface area contributed by atoms with Crippen LogP contribution in [0.1, 0.15) is 29.0 Å². The Morgan fingerprint density at radius 3 is 1.77 bits per heavy atom. The fraction of sp³-hybridized carbons (Fsp3) is 0.455. The maximum atomic E-state index is 7.06. The van der Waals surface area contributed by atoms with Gasteiger partial charge in [-0.2, -0.15) is 0 Å². The summed E-state index contributed by atoms with van der Waals surface area (Å²) in [6, 6.07) is 21.3. The lowest BCUT2D eigenvalue weighted by Gasteiger charge is -2.43. The zero-order valence-electron chi connectivity index (χ0n) is 17.2. The Balaban J connectivity index is 2.15. The molecule has 0 bridgehead atoms. The maximum Gasteiger partial charge on any atom is 0.261 e. The molecular weight excluding hydrogens is 340 g/mol. The Bertz CT molecular complexity index is 604. The van der Waals surface area contributed by atoms with Crippen LogP contribution in [-0.4, -0.2) is 41.4 Å². The molecule has 0 unspecified atom stereocenters. The first-order valence-corrected chi connectivity index (χ1v) is 11.1. The predicted octanol–water partition coefficient (Wildman–Crippen LogP) is 3.62. The molecule has 0 atom stereocenters. The minimum atomic E-state index is -2.47. The molecule has 4 heteroatoms. The largest absolute Gasteiger partial charge is 0.405 e. The second-order valence-corrected chi connectivity index (χ2v) is 11.5. The number of benzene rings is 2.